The molecule has 0 aromatic carbocycles. The van der Waals surface area contributed by atoms with E-state index in [4.69, 9.17) is 10.5 Å². The maximum absolute atomic E-state index is 12.9. The van der Waals surface area contributed by atoms with Gasteiger partial charge in [0.1, 0.15) is 11.6 Å². The molecular formula is C18H26N4O2. The lowest BCUT2D eigenvalue weighted by molar-refractivity contribution is -0.138. The molecule has 4 atom stereocenters. The fraction of sp³-hybridized carbons (Fsp3) is 0.667. The number of anilines is 1. The van der Waals surface area contributed by atoms with Gasteiger partial charge >= 0.3 is 0 Å². The van der Waals surface area contributed by atoms with Gasteiger partial charge in [0, 0.05) is 44.5 Å². The molecule has 1 amide bonds. The lowest BCUT2D eigenvalue weighted by atomic mass is 9.84. The standard InChI is InChI=1S/C18H26N4O2/c1-24-14-4-5-20-15(11-14)21-6-8-22(9-7-21)18(23)16-12-2-3-13(10-12)17(16)19/h4-5,11-13,16-17H,2-3,6-10,19H2,1H3. The molecule has 2 aliphatic carbocycles. The second-order valence-electron chi connectivity index (χ2n) is 7.30. The van der Waals surface area contributed by atoms with Crippen molar-refractivity contribution < 1.29 is 9.53 Å². The zero-order valence-corrected chi connectivity index (χ0v) is 14.2. The SMILES string of the molecule is COc1ccnc(N2CCN(C(=O)C3C4CCC(C4)C3N)CC2)c1. The highest BCUT2D eigenvalue weighted by Gasteiger charge is 2.50. The zero-order valence-electron chi connectivity index (χ0n) is 14.2. The first kappa shape index (κ1) is 15.7. The molecule has 2 heterocycles. The maximum atomic E-state index is 12.9. The summed E-state index contributed by atoms with van der Waals surface area (Å²) >= 11 is 0. The molecule has 2 bridgehead atoms. The maximum Gasteiger partial charge on any atom is 0.227 e. The van der Waals surface area contributed by atoms with E-state index in [1.165, 1.54) is 12.8 Å². The Labute approximate surface area is 143 Å². The van der Waals surface area contributed by atoms with Crippen molar-refractivity contribution in [1.82, 2.24) is 9.88 Å². The molecule has 1 aromatic heterocycles. The molecule has 2 saturated carbocycles. The number of hydrogen-bond acceptors (Lipinski definition) is 5. The molecule has 2 N–H and O–H groups in total. The van der Waals surface area contributed by atoms with Gasteiger partial charge in [0.2, 0.25) is 5.91 Å². The highest BCUT2D eigenvalue weighted by Crippen LogP contribution is 2.48. The van der Waals surface area contributed by atoms with E-state index in [-0.39, 0.29) is 17.9 Å². The molecule has 1 aromatic rings. The number of ether oxygens (including phenoxy) is 1. The van der Waals surface area contributed by atoms with Gasteiger partial charge in [-0.15, -0.1) is 0 Å². The first-order valence-corrected chi connectivity index (χ1v) is 8.96. The highest BCUT2D eigenvalue weighted by molar-refractivity contribution is 5.81. The van der Waals surface area contributed by atoms with Gasteiger partial charge in [0.05, 0.1) is 13.0 Å². The first-order chi connectivity index (χ1) is 11.7. The van der Waals surface area contributed by atoms with E-state index in [9.17, 15) is 4.79 Å². The number of hydrogen-bond donors (Lipinski definition) is 1. The van der Waals surface area contributed by atoms with Crippen molar-refractivity contribution in [3.63, 3.8) is 0 Å². The normalized spacial score (nSPS) is 32.2. The number of pyridine rings is 1. The summed E-state index contributed by atoms with van der Waals surface area (Å²) in [6, 6.07) is 3.87. The number of piperazine rings is 1. The van der Waals surface area contributed by atoms with Crippen LogP contribution < -0.4 is 15.4 Å². The third kappa shape index (κ3) is 2.62. The fourth-order valence-electron chi connectivity index (χ4n) is 4.77. The van der Waals surface area contributed by atoms with Gasteiger partial charge in [-0.25, -0.2) is 4.98 Å². The van der Waals surface area contributed by atoms with Crippen molar-refractivity contribution in [2.45, 2.75) is 25.3 Å². The van der Waals surface area contributed by atoms with E-state index in [2.05, 4.69) is 9.88 Å². The number of nitrogens with zero attached hydrogens (tertiary/aromatic N) is 3. The second kappa shape index (κ2) is 6.24. The molecule has 1 aliphatic heterocycles. The Balaban J connectivity index is 1.38. The van der Waals surface area contributed by atoms with E-state index in [1.54, 1.807) is 13.3 Å². The van der Waals surface area contributed by atoms with Crippen LogP contribution in [0.25, 0.3) is 0 Å². The largest absolute Gasteiger partial charge is 0.497 e. The van der Waals surface area contributed by atoms with Crippen molar-refractivity contribution in [2.75, 3.05) is 38.2 Å². The molecule has 3 fully saturated rings. The number of aromatic nitrogens is 1. The van der Waals surface area contributed by atoms with Crippen LogP contribution in [-0.2, 0) is 4.79 Å². The Bertz CT molecular complexity index is 613. The van der Waals surface area contributed by atoms with E-state index in [1.807, 2.05) is 17.0 Å². The zero-order chi connectivity index (χ0) is 16.7. The molecule has 6 heteroatoms. The molecule has 24 heavy (non-hydrogen) atoms. The average Bonchev–Trinajstić information content (AvgIpc) is 3.22. The molecule has 1 saturated heterocycles. The topological polar surface area (TPSA) is 71.7 Å². The van der Waals surface area contributed by atoms with E-state index >= 15 is 0 Å². The molecule has 4 rings (SSSR count). The van der Waals surface area contributed by atoms with E-state index in [0.29, 0.717) is 11.8 Å². The summed E-state index contributed by atoms with van der Waals surface area (Å²) in [5.74, 6) is 3.17. The van der Waals surface area contributed by atoms with Crippen molar-refractivity contribution >= 4 is 11.7 Å². The minimum absolute atomic E-state index is 0.0604. The third-order valence-corrected chi connectivity index (χ3v) is 6.13. The molecular weight excluding hydrogens is 304 g/mol. The van der Waals surface area contributed by atoms with Gasteiger partial charge < -0.3 is 20.3 Å². The van der Waals surface area contributed by atoms with Crippen LogP contribution in [0.5, 0.6) is 5.75 Å². The van der Waals surface area contributed by atoms with Crippen molar-refractivity contribution in [1.29, 1.82) is 0 Å². The third-order valence-electron chi connectivity index (χ3n) is 6.13. The van der Waals surface area contributed by atoms with Crippen molar-refractivity contribution in [2.24, 2.45) is 23.5 Å². The van der Waals surface area contributed by atoms with Crippen LogP contribution in [0.1, 0.15) is 19.3 Å². The summed E-state index contributed by atoms with van der Waals surface area (Å²) in [6.07, 6.45) is 5.32. The highest BCUT2D eigenvalue weighted by atomic mass is 16.5. The quantitative estimate of drug-likeness (QED) is 0.899. The monoisotopic (exact) mass is 330 g/mol. The van der Waals surface area contributed by atoms with Crippen LogP contribution in [0, 0.1) is 17.8 Å². The Kier molecular flexibility index (Phi) is 4.08. The van der Waals surface area contributed by atoms with Gasteiger partial charge in [-0.05, 0) is 37.2 Å². The van der Waals surface area contributed by atoms with Crippen LogP contribution >= 0.6 is 0 Å². The van der Waals surface area contributed by atoms with Crippen LogP contribution in [0.2, 0.25) is 0 Å². The average molecular weight is 330 g/mol. The summed E-state index contributed by atoms with van der Waals surface area (Å²) in [7, 11) is 1.66. The fourth-order valence-corrected chi connectivity index (χ4v) is 4.77. The number of nitrogens with two attached hydrogens (primary N) is 1. The van der Waals surface area contributed by atoms with Crippen molar-refractivity contribution in [3.8, 4) is 5.75 Å². The van der Waals surface area contributed by atoms with Crippen molar-refractivity contribution in [3.05, 3.63) is 18.3 Å². The number of carbonyl (C=O) groups is 1. The number of carbonyl (C=O) groups excluding carboxylic acids is 1. The second-order valence-corrected chi connectivity index (χ2v) is 7.30. The van der Waals surface area contributed by atoms with Crippen LogP contribution in [0.15, 0.2) is 18.3 Å². The van der Waals surface area contributed by atoms with E-state index in [0.717, 1.165) is 44.2 Å². The Morgan fingerprint density at radius 3 is 2.67 bits per heavy atom. The minimum Gasteiger partial charge on any atom is -0.497 e. The minimum atomic E-state index is 0.0604. The predicted octanol–water partition coefficient (Wildman–Crippen LogP) is 1.11. The molecule has 4 unspecified atom stereocenters. The number of rotatable bonds is 3. The summed E-state index contributed by atoms with van der Waals surface area (Å²) in [6.45, 7) is 3.11. The Hall–Kier alpha value is -1.82. The summed E-state index contributed by atoms with van der Waals surface area (Å²) in [5, 5.41) is 0. The smallest absolute Gasteiger partial charge is 0.227 e. The Morgan fingerprint density at radius 1 is 1.25 bits per heavy atom. The van der Waals surface area contributed by atoms with Gasteiger partial charge in [-0.3, -0.25) is 4.79 Å². The lowest BCUT2D eigenvalue weighted by Gasteiger charge is -2.39. The first-order valence-electron chi connectivity index (χ1n) is 8.96. The van der Waals surface area contributed by atoms with Crippen LogP contribution in [0.3, 0.4) is 0 Å². The van der Waals surface area contributed by atoms with Crippen LogP contribution in [0.4, 0.5) is 5.82 Å². The predicted molar refractivity (Wildman–Crippen MR) is 91.9 cm³/mol. The van der Waals surface area contributed by atoms with Gasteiger partial charge in [0.25, 0.3) is 0 Å². The van der Waals surface area contributed by atoms with Crippen LogP contribution in [-0.4, -0.2) is 55.1 Å². The molecule has 3 aliphatic rings. The molecule has 0 spiro atoms. The molecule has 0 radical (unpaired) electrons. The number of amides is 1. The molecule has 6 nitrogen and oxygen atoms in total. The summed E-state index contributed by atoms with van der Waals surface area (Å²) in [4.78, 5) is 21.6. The van der Waals surface area contributed by atoms with Gasteiger partial charge in [-0.1, -0.05) is 0 Å². The number of methoxy groups -OCH3 is 1. The van der Waals surface area contributed by atoms with Gasteiger partial charge in [-0.2, -0.15) is 0 Å². The lowest BCUT2D eigenvalue weighted by Crippen LogP contribution is -2.54. The summed E-state index contributed by atoms with van der Waals surface area (Å²) < 4.78 is 5.27. The molecule has 130 valence electrons. The Morgan fingerprint density at radius 2 is 2.00 bits per heavy atom. The van der Waals surface area contributed by atoms with E-state index < -0.39 is 0 Å². The summed E-state index contributed by atoms with van der Waals surface area (Å²) in [5.41, 5.74) is 6.34. The van der Waals surface area contributed by atoms with Gasteiger partial charge in [0.15, 0.2) is 0 Å². The number of fused-ring (bicyclic) bond motifs is 2.